The molecule has 1 unspecified atom stereocenters. The third-order valence-corrected chi connectivity index (χ3v) is 7.18. The number of carbonyl (C=O) groups excluding carboxylic acids is 2. The van der Waals surface area contributed by atoms with Crippen LogP contribution in [0.4, 0.5) is 0 Å². The van der Waals surface area contributed by atoms with Crippen molar-refractivity contribution in [3.05, 3.63) is 98.3 Å². The maximum Gasteiger partial charge on any atom is 0.254 e. The first-order valence-electron chi connectivity index (χ1n) is 11.9. The zero-order valence-electron chi connectivity index (χ0n) is 21.2. The summed E-state index contributed by atoms with van der Waals surface area (Å²) in [6.45, 7) is 1.88. The second kappa shape index (κ2) is 11.2. The van der Waals surface area contributed by atoms with Gasteiger partial charge in [0.25, 0.3) is 5.91 Å². The van der Waals surface area contributed by atoms with E-state index in [1.54, 1.807) is 55.5 Å². The summed E-state index contributed by atoms with van der Waals surface area (Å²) in [6, 6.07) is 13.4. The van der Waals surface area contributed by atoms with Crippen LogP contribution in [0.15, 0.2) is 54.9 Å². The number of imidazole rings is 1. The Hall–Kier alpha value is -4.12. The molecule has 5 aromatic rings. The molecule has 0 saturated carbocycles. The smallest absolute Gasteiger partial charge is 0.254 e. The third-order valence-electron chi connectivity index (χ3n) is 6.29. The lowest BCUT2D eigenvalue weighted by molar-refractivity contribution is 0.0951. The molecule has 5 rings (SSSR count). The molecule has 1 atom stereocenters. The highest BCUT2D eigenvalue weighted by Crippen LogP contribution is 2.32. The number of aryl methyl sites for hydroxylation is 1. The number of halogens is 3. The largest absolute Gasteiger partial charge is 0.495 e. The Balaban J connectivity index is 1.46. The standard InChI is InChI=1S/C27H22Cl3N7O3/c1-13-33-12-37(36-13)16-7-19(29)24(20(30)8-16)27(39)32-11-17(14-3-5-15(6-4-14)25(31)38)26-34-21-9-18(28)23(40-2)10-22(21)35-26/h3-10,12,17H,11H2,1-2H3,(H2,31,38)(H,32,39)(H,34,35). The second-order valence-corrected chi connectivity index (χ2v) is 10.1. The predicted molar refractivity (Wildman–Crippen MR) is 153 cm³/mol. The van der Waals surface area contributed by atoms with Gasteiger partial charge in [0.15, 0.2) is 0 Å². The summed E-state index contributed by atoms with van der Waals surface area (Å²) in [4.78, 5) is 37.0. The number of carbonyl (C=O) groups is 2. The molecule has 13 heteroatoms. The molecule has 3 aromatic carbocycles. The predicted octanol–water partition coefficient (Wildman–Crippen LogP) is 5.08. The van der Waals surface area contributed by atoms with Crippen molar-refractivity contribution >= 4 is 57.7 Å². The topological polar surface area (TPSA) is 141 Å². The van der Waals surface area contributed by atoms with E-state index in [1.165, 1.54) is 18.1 Å². The van der Waals surface area contributed by atoms with Crippen LogP contribution in [0.1, 0.15) is 43.8 Å². The fourth-order valence-corrected chi connectivity index (χ4v) is 5.15. The van der Waals surface area contributed by atoms with E-state index in [1.807, 2.05) is 0 Å². The molecule has 204 valence electrons. The molecule has 2 aromatic heterocycles. The average Bonchev–Trinajstić information content (AvgIpc) is 3.53. The van der Waals surface area contributed by atoms with E-state index in [0.29, 0.717) is 44.7 Å². The Morgan fingerprint density at radius 3 is 2.38 bits per heavy atom. The van der Waals surface area contributed by atoms with Crippen LogP contribution in [0.3, 0.4) is 0 Å². The van der Waals surface area contributed by atoms with Crippen molar-refractivity contribution in [2.45, 2.75) is 12.8 Å². The van der Waals surface area contributed by atoms with E-state index in [9.17, 15) is 9.59 Å². The Morgan fingerprint density at radius 1 is 1.07 bits per heavy atom. The molecule has 0 aliphatic heterocycles. The van der Waals surface area contributed by atoms with Gasteiger partial charge >= 0.3 is 0 Å². The summed E-state index contributed by atoms with van der Waals surface area (Å²) in [5, 5.41) is 7.89. The van der Waals surface area contributed by atoms with E-state index in [2.05, 4.69) is 20.4 Å². The minimum atomic E-state index is -0.546. The van der Waals surface area contributed by atoms with Crippen molar-refractivity contribution in [1.29, 1.82) is 0 Å². The van der Waals surface area contributed by atoms with E-state index in [0.717, 1.165) is 5.56 Å². The van der Waals surface area contributed by atoms with Gasteiger partial charge in [-0.3, -0.25) is 9.59 Å². The summed E-state index contributed by atoms with van der Waals surface area (Å²) >= 11 is 19.3. The molecule has 0 bridgehead atoms. The number of methoxy groups -OCH3 is 1. The lowest BCUT2D eigenvalue weighted by atomic mass is 9.96. The molecule has 2 amide bonds. The normalized spacial score (nSPS) is 11.9. The number of amides is 2. The fourth-order valence-electron chi connectivity index (χ4n) is 4.27. The van der Waals surface area contributed by atoms with Gasteiger partial charge in [-0.05, 0) is 42.8 Å². The number of fused-ring (bicyclic) bond motifs is 1. The summed E-state index contributed by atoms with van der Waals surface area (Å²) in [5.74, 6) is 0.150. The van der Waals surface area contributed by atoms with Crippen molar-refractivity contribution < 1.29 is 14.3 Å². The third kappa shape index (κ3) is 5.46. The van der Waals surface area contributed by atoms with Crippen LogP contribution in [0.2, 0.25) is 15.1 Å². The van der Waals surface area contributed by atoms with E-state index >= 15 is 0 Å². The van der Waals surface area contributed by atoms with Crippen LogP contribution in [-0.4, -0.2) is 50.2 Å². The molecule has 0 aliphatic carbocycles. The van der Waals surface area contributed by atoms with Gasteiger partial charge in [-0.25, -0.2) is 14.6 Å². The van der Waals surface area contributed by atoms with Gasteiger partial charge in [0.2, 0.25) is 5.91 Å². The highest BCUT2D eigenvalue weighted by Gasteiger charge is 2.23. The molecular formula is C27H22Cl3N7O3. The maximum absolute atomic E-state index is 13.3. The minimum absolute atomic E-state index is 0.118. The van der Waals surface area contributed by atoms with Crippen molar-refractivity contribution in [3.63, 3.8) is 0 Å². The lowest BCUT2D eigenvalue weighted by Crippen LogP contribution is -2.30. The van der Waals surface area contributed by atoms with E-state index in [-0.39, 0.29) is 22.2 Å². The van der Waals surface area contributed by atoms with Crippen LogP contribution in [0, 0.1) is 6.92 Å². The number of nitrogens with two attached hydrogens (primary N) is 1. The molecule has 0 radical (unpaired) electrons. The van der Waals surface area contributed by atoms with E-state index in [4.69, 9.17) is 50.3 Å². The van der Waals surface area contributed by atoms with Crippen LogP contribution in [0.25, 0.3) is 16.7 Å². The Morgan fingerprint density at radius 2 is 1.77 bits per heavy atom. The zero-order valence-corrected chi connectivity index (χ0v) is 23.5. The molecule has 40 heavy (non-hydrogen) atoms. The molecule has 2 heterocycles. The van der Waals surface area contributed by atoms with Crippen LogP contribution in [-0.2, 0) is 0 Å². The summed E-state index contributed by atoms with van der Waals surface area (Å²) in [5.41, 5.74) is 8.55. The number of aromatic nitrogens is 5. The van der Waals surface area contributed by atoms with Gasteiger partial charge < -0.3 is 20.8 Å². The number of rotatable bonds is 8. The number of hydrogen-bond acceptors (Lipinski definition) is 6. The van der Waals surface area contributed by atoms with Gasteiger partial charge in [0.1, 0.15) is 23.7 Å². The number of nitrogens with one attached hydrogen (secondary N) is 2. The van der Waals surface area contributed by atoms with Gasteiger partial charge in [-0.15, -0.1) is 0 Å². The highest BCUT2D eigenvalue weighted by molar-refractivity contribution is 6.40. The quantitative estimate of drug-likeness (QED) is 0.227. The number of nitrogens with zero attached hydrogens (tertiary/aromatic N) is 4. The highest BCUT2D eigenvalue weighted by atomic mass is 35.5. The SMILES string of the molecule is COc1cc2nc(C(CNC(=O)c3c(Cl)cc(-n4cnc(C)n4)cc3Cl)c3ccc(C(N)=O)cc3)[nH]c2cc1Cl. The van der Waals surface area contributed by atoms with Gasteiger partial charge in [0, 0.05) is 18.2 Å². The minimum Gasteiger partial charge on any atom is -0.495 e. The first-order chi connectivity index (χ1) is 19.1. The van der Waals surface area contributed by atoms with Crippen LogP contribution in [0.5, 0.6) is 5.75 Å². The van der Waals surface area contributed by atoms with Crippen molar-refractivity contribution in [2.24, 2.45) is 5.73 Å². The van der Waals surface area contributed by atoms with Gasteiger partial charge in [-0.2, -0.15) is 5.10 Å². The average molecular weight is 599 g/mol. The van der Waals surface area contributed by atoms with Crippen molar-refractivity contribution in [3.8, 4) is 11.4 Å². The Labute approximate surface area is 243 Å². The molecule has 10 nitrogen and oxygen atoms in total. The van der Waals surface area contributed by atoms with Crippen molar-refractivity contribution in [2.75, 3.05) is 13.7 Å². The van der Waals surface area contributed by atoms with Crippen molar-refractivity contribution in [1.82, 2.24) is 30.0 Å². The zero-order chi connectivity index (χ0) is 28.6. The number of benzene rings is 3. The summed E-state index contributed by atoms with van der Waals surface area (Å²) in [7, 11) is 1.52. The van der Waals surface area contributed by atoms with Crippen LogP contribution < -0.4 is 15.8 Å². The molecule has 0 aliphatic rings. The molecule has 0 spiro atoms. The maximum atomic E-state index is 13.3. The number of hydrogen-bond donors (Lipinski definition) is 3. The first kappa shape index (κ1) is 27.4. The van der Waals surface area contributed by atoms with Gasteiger partial charge in [0.05, 0.1) is 50.4 Å². The lowest BCUT2D eigenvalue weighted by Gasteiger charge is -2.17. The number of H-pyrrole nitrogens is 1. The summed E-state index contributed by atoms with van der Waals surface area (Å²) in [6.07, 6.45) is 1.53. The molecule has 0 fully saturated rings. The molecule has 0 saturated heterocycles. The van der Waals surface area contributed by atoms with E-state index < -0.39 is 17.7 Å². The monoisotopic (exact) mass is 597 g/mol. The molecular weight excluding hydrogens is 577 g/mol. The first-order valence-corrected chi connectivity index (χ1v) is 13.1. The summed E-state index contributed by atoms with van der Waals surface area (Å²) < 4.78 is 6.83. The fraction of sp³-hybridized carbons (Fsp3) is 0.148. The number of ether oxygens (including phenoxy) is 1. The number of primary amides is 1. The van der Waals surface area contributed by atoms with Crippen LogP contribution >= 0.6 is 34.8 Å². The Kier molecular flexibility index (Phi) is 7.66. The number of aromatic amines is 1. The van der Waals surface area contributed by atoms with Gasteiger partial charge in [-0.1, -0.05) is 46.9 Å². The Bertz CT molecular complexity index is 1730. The molecule has 4 N–H and O–H groups in total. The second-order valence-electron chi connectivity index (χ2n) is 8.90.